The predicted octanol–water partition coefficient (Wildman–Crippen LogP) is 2.55. The van der Waals surface area contributed by atoms with Crippen LogP contribution in [0.15, 0.2) is 18.2 Å². The fourth-order valence-corrected chi connectivity index (χ4v) is 2.76. The van der Waals surface area contributed by atoms with E-state index in [0.717, 1.165) is 25.7 Å². The van der Waals surface area contributed by atoms with Crippen LogP contribution in [0.2, 0.25) is 0 Å². The number of aliphatic hydroxyl groups is 1. The number of nitrogens with one attached hydrogen (secondary N) is 1. The van der Waals surface area contributed by atoms with Gasteiger partial charge < -0.3 is 15.5 Å². The Morgan fingerprint density at radius 3 is 2.67 bits per heavy atom. The van der Waals surface area contributed by atoms with Crippen LogP contribution in [0.1, 0.15) is 48.5 Å². The van der Waals surface area contributed by atoms with Crippen LogP contribution in [0.4, 0.5) is 4.39 Å². The van der Waals surface area contributed by atoms with E-state index >= 15 is 0 Å². The summed E-state index contributed by atoms with van der Waals surface area (Å²) < 4.78 is 13.5. The molecule has 1 aliphatic carbocycles. The normalized spacial score (nSPS) is 25.8. The largest absolute Gasteiger partial charge is 0.478 e. The number of halogens is 1. The minimum Gasteiger partial charge on any atom is -0.478 e. The number of aromatic carboxylic acids is 1. The van der Waals surface area contributed by atoms with Gasteiger partial charge in [0, 0.05) is 13.1 Å². The molecule has 0 aromatic heterocycles. The molecule has 1 saturated carbocycles. The molecule has 21 heavy (non-hydrogen) atoms. The highest BCUT2D eigenvalue weighted by Gasteiger charge is 2.31. The molecule has 1 aliphatic rings. The number of carboxylic acid groups (broad SMARTS) is 1. The maximum atomic E-state index is 13.5. The molecular weight excluding hydrogens is 273 g/mol. The number of hydrogen-bond acceptors (Lipinski definition) is 3. The predicted molar refractivity (Wildman–Crippen MR) is 77.6 cm³/mol. The Morgan fingerprint density at radius 2 is 2.10 bits per heavy atom. The van der Waals surface area contributed by atoms with Gasteiger partial charge in [0.25, 0.3) is 0 Å². The highest BCUT2D eigenvalue weighted by molar-refractivity contribution is 5.87. The molecule has 0 amide bonds. The van der Waals surface area contributed by atoms with Crippen LogP contribution in [0.5, 0.6) is 0 Å². The summed E-state index contributed by atoms with van der Waals surface area (Å²) in [6.07, 6.45) is 3.63. The van der Waals surface area contributed by atoms with Crippen molar-refractivity contribution in [2.45, 2.75) is 44.8 Å². The molecule has 0 unspecified atom stereocenters. The first-order chi connectivity index (χ1) is 9.89. The van der Waals surface area contributed by atoms with Gasteiger partial charge in [0.05, 0.1) is 11.2 Å². The maximum absolute atomic E-state index is 13.5. The van der Waals surface area contributed by atoms with Crippen LogP contribution >= 0.6 is 0 Å². The van der Waals surface area contributed by atoms with Crippen molar-refractivity contribution in [3.05, 3.63) is 35.1 Å². The highest BCUT2D eigenvalue weighted by Crippen LogP contribution is 2.31. The van der Waals surface area contributed by atoms with Gasteiger partial charge in [-0.15, -0.1) is 0 Å². The van der Waals surface area contributed by atoms with E-state index < -0.39 is 17.4 Å². The summed E-state index contributed by atoms with van der Waals surface area (Å²) in [6, 6.07) is 4.08. The smallest absolute Gasteiger partial charge is 0.338 e. The molecular formula is C16H22FNO3. The molecule has 0 bridgehead atoms. The lowest BCUT2D eigenvalue weighted by atomic mass is 9.79. The molecule has 0 atom stereocenters. The van der Waals surface area contributed by atoms with Crippen LogP contribution < -0.4 is 5.32 Å². The van der Waals surface area contributed by atoms with Crippen molar-refractivity contribution in [1.29, 1.82) is 0 Å². The van der Waals surface area contributed by atoms with Gasteiger partial charge >= 0.3 is 5.97 Å². The van der Waals surface area contributed by atoms with Gasteiger partial charge in [-0.1, -0.05) is 13.0 Å². The van der Waals surface area contributed by atoms with E-state index in [9.17, 15) is 14.3 Å². The molecule has 0 saturated heterocycles. The number of benzene rings is 1. The second kappa shape index (κ2) is 6.54. The van der Waals surface area contributed by atoms with E-state index in [1.807, 2.05) is 0 Å². The fourth-order valence-electron chi connectivity index (χ4n) is 2.76. The quantitative estimate of drug-likeness (QED) is 0.781. The summed E-state index contributed by atoms with van der Waals surface area (Å²) in [7, 11) is 0. The topological polar surface area (TPSA) is 69.6 Å². The standard InChI is InChI=1S/C16H22FNO3/c1-11-4-6-16(21,7-5-11)10-18-9-12-2-3-13(15(19)20)14(17)8-12/h2-3,8,11,18,21H,4-7,9-10H2,1H3,(H,19,20). The Labute approximate surface area is 124 Å². The molecule has 4 nitrogen and oxygen atoms in total. The van der Waals surface area contributed by atoms with Gasteiger partial charge in [0.15, 0.2) is 0 Å². The molecule has 0 heterocycles. The molecule has 2 rings (SSSR count). The number of carboxylic acids is 1. The Hall–Kier alpha value is -1.46. The van der Waals surface area contributed by atoms with Gasteiger partial charge in [-0.3, -0.25) is 0 Å². The minimum atomic E-state index is -1.27. The Balaban J connectivity index is 1.86. The summed E-state index contributed by atoms with van der Waals surface area (Å²) in [6.45, 7) is 3.08. The van der Waals surface area contributed by atoms with Gasteiger partial charge in [-0.05, 0) is 49.3 Å². The van der Waals surface area contributed by atoms with E-state index in [1.165, 1.54) is 12.1 Å². The zero-order chi connectivity index (χ0) is 15.5. The van der Waals surface area contributed by atoms with Gasteiger partial charge in [-0.2, -0.15) is 0 Å². The second-order valence-corrected chi connectivity index (χ2v) is 6.13. The molecule has 116 valence electrons. The molecule has 5 heteroatoms. The fraction of sp³-hybridized carbons (Fsp3) is 0.562. The first-order valence-corrected chi connectivity index (χ1v) is 7.34. The lowest BCUT2D eigenvalue weighted by Gasteiger charge is -2.35. The molecule has 3 N–H and O–H groups in total. The maximum Gasteiger partial charge on any atom is 0.338 e. The van der Waals surface area contributed by atoms with Crippen LogP contribution in [0, 0.1) is 11.7 Å². The van der Waals surface area contributed by atoms with Crippen molar-refractivity contribution in [3.63, 3.8) is 0 Å². The van der Waals surface area contributed by atoms with Gasteiger partial charge in [0.2, 0.25) is 0 Å². The van der Waals surface area contributed by atoms with Crippen LogP contribution in [-0.4, -0.2) is 28.3 Å². The summed E-state index contributed by atoms with van der Waals surface area (Å²) in [5, 5.41) is 22.3. The number of hydrogen-bond donors (Lipinski definition) is 3. The SMILES string of the molecule is CC1CCC(O)(CNCc2ccc(C(=O)O)c(F)c2)CC1. The molecule has 0 spiro atoms. The lowest BCUT2D eigenvalue weighted by Crippen LogP contribution is -2.43. The Bertz CT molecular complexity index is 510. The third-order valence-electron chi connectivity index (χ3n) is 4.25. The molecule has 0 radical (unpaired) electrons. The van der Waals surface area contributed by atoms with Crippen molar-refractivity contribution in [2.75, 3.05) is 6.54 Å². The van der Waals surface area contributed by atoms with Crippen LogP contribution in [-0.2, 0) is 6.54 Å². The Kier molecular flexibility index (Phi) is 4.96. The van der Waals surface area contributed by atoms with Crippen molar-refractivity contribution in [2.24, 2.45) is 5.92 Å². The van der Waals surface area contributed by atoms with Crippen molar-refractivity contribution >= 4 is 5.97 Å². The van der Waals surface area contributed by atoms with Gasteiger partial charge in [0.1, 0.15) is 5.82 Å². The minimum absolute atomic E-state index is 0.321. The van der Waals surface area contributed by atoms with E-state index in [4.69, 9.17) is 5.11 Å². The van der Waals surface area contributed by atoms with E-state index in [1.54, 1.807) is 6.07 Å². The second-order valence-electron chi connectivity index (χ2n) is 6.13. The van der Waals surface area contributed by atoms with E-state index in [0.29, 0.717) is 24.6 Å². The summed E-state index contributed by atoms with van der Waals surface area (Å²) in [4.78, 5) is 10.7. The van der Waals surface area contributed by atoms with Crippen molar-refractivity contribution < 1.29 is 19.4 Å². The van der Waals surface area contributed by atoms with Gasteiger partial charge in [-0.25, -0.2) is 9.18 Å². The molecule has 1 fully saturated rings. The lowest BCUT2D eigenvalue weighted by molar-refractivity contribution is -0.00630. The molecule has 1 aromatic rings. The van der Waals surface area contributed by atoms with E-state index in [-0.39, 0.29) is 5.56 Å². The number of rotatable bonds is 5. The zero-order valence-electron chi connectivity index (χ0n) is 12.2. The average Bonchev–Trinajstić information content (AvgIpc) is 2.42. The van der Waals surface area contributed by atoms with Crippen molar-refractivity contribution in [3.8, 4) is 0 Å². The first-order valence-electron chi connectivity index (χ1n) is 7.34. The highest BCUT2D eigenvalue weighted by atomic mass is 19.1. The average molecular weight is 295 g/mol. The Morgan fingerprint density at radius 1 is 1.43 bits per heavy atom. The summed E-state index contributed by atoms with van der Waals surface area (Å²) >= 11 is 0. The molecule has 0 aliphatic heterocycles. The first kappa shape index (κ1) is 15.9. The third-order valence-corrected chi connectivity index (χ3v) is 4.25. The molecule has 1 aromatic carbocycles. The zero-order valence-corrected chi connectivity index (χ0v) is 12.2. The number of carbonyl (C=O) groups is 1. The van der Waals surface area contributed by atoms with Crippen LogP contribution in [0.25, 0.3) is 0 Å². The van der Waals surface area contributed by atoms with E-state index in [2.05, 4.69) is 12.2 Å². The third kappa shape index (κ3) is 4.25. The van der Waals surface area contributed by atoms with Crippen molar-refractivity contribution in [1.82, 2.24) is 5.32 Å². The van der Waals surface area contributed by atoms with Crippen LogP contribution in [0.3, 0.4) is 0 Å². The monoisotopic (exact) mass is 295 g/mol. The summed E-state index contributed by atoms with van der Waals surface area (Å²) in [5.74, 6) is -1.33. The summed E-state index contributed by atoms with van der Waals surface area (Å²) in [5.41, 5.74) is -0.324.